The molecule has 4 aliphatic rings. The molecule has 0 unspecified atom stereocenters. The maximum Gasteiger partial charge on any atom is 0.254 e. The number of carbonyl (C=O) groups is 2. The molecule has 1 atom stereocenters. The number of alkyl halides is 1. The van der Waals surface area contributed by atoms with Gasteiger partial charge in [-0.3, -0.25) is 9.59 Å². The van der Waals surface area contributed by atoms with E-state index in [9.17, 15) is 14.0 Å². The summed E-state index contributed by atoms with van der Waals surface area (Å²) in [6, 6.07) is 12.5. The van der Waals surface area contributed by atoms with Crippen molar-refractivity contribution in [3.63, 3.8) is 0 Å². The van der Waals surface area contributed by atoms with Crippen molar-refractivity contribution in [2.75, 3.05) is 39.8 Å². The van der Waals surface area contributed by atoms with Crippen molar-refractivity contribution in [2.24, 2.45) is 30.5 Å². The number of carbonyl (C=O) groups excluding carboxylic acids is 2. The molecule has 0 radical (unpaired) electrons. The maximum absolute atomic E-state index is 13.7. The first-order chi connectivity index (χ1) is 22.3. The van der Waals surface area contributed by atoms with Gasteiger partial charge in [0.25, 0.3) is 5.91 Å². The molecule has 2 saturated heterocycles. The number of amides is 2. The summed E-state index contributed by atoms with van der Waals surface area (Å²) in [7, 11) is 3.66. The Balaban J connectivity index is 1.16. The molecule has 4 heterocycles. The molecule has 2 N–H and O–H groups in total. The normalized spacial score (nSPS) is 23.5. The molecule has 9 nitrogen and oxygen atoms in total. The third-order valence-corrected chi connectivity index (χ3v) is 10.9. The molecule has 2 aliphatic heterocycles. The maximum atomic E-state index is 13.7. The van der Waals surface area contributed by atoms with Crippen LogP contribution in [0.2, 0.25) is 0 Å². The highest BCUT2D eigenvalue weighted by Crippen LogP contribution is 2.47. The number of likely N-dealkylation sites (tertiary alicyclic amines) is 2. The van der Waals surface area contributed by atoms with Crippen LogP contribution >= 0.6 is 0 Å². The molecular formula is C36H43FN6O3. The number of benzene rings is 2. The van der Waals surface area contributed by atoms with Crippen LogP contribution in [-0.4, -0.2) is 81.7 Å². The highest BCUT2D eigenvalue weighted by atomic mass is 19.1. The molecule has 8 rings (SSSR count). The highest BCUT2D eigenvalue weighted by molar-refractivity contribution is 6.00. The van der Waals surface area contributed by atoms with Gasteiger partial charge in [-0.15, -0.1) is 0 Å². The lowest BCUT2D eigenvalue weighted by molar-refractivity contribution is -0.146. The zero-order valence-electron chi connectivity index (χ0n) is 26.8. The SMILES string of the molecule is COc1cc(C(=O)N2CCC[C@@H](CN)C2)cc2nc(-c3cc4cccc(C5CC(C(=O)N6CC(F)C6)C5)c4n3CC3CC3)n(C)c12. The van der Waals surface area contributed by atoms with Gasteiger partial charge in [-0.05, 0) is 86.6 Å². The van der Waals surface area contributed by atoms with Gasteiger partial charge in [0.15, 0.2) is 5.82 Å². The number of para-hydroxylation sites is 1. The predicted octanol–water partition coefficient (Wildman–Crippen LogP) is 5.10. The molecular weight excluding hydrogens is 583 g/mol. The summed E-state index contributed by atoms with van der Waals surface area (Å²) in [4.78, 5) is 35.3. The predicted molar refractivity (Wildman–Crippen MR) is 176 cm³/mol. The van der Waals surface area contributed by atoms with E-state index in [1.54, 1.807) is 12.0 Å². The molecule has 0 spiro atoms. The number of rotatable bonds is 8. The Morgan fingerprint density at radius 1 is 1.02 bits per heavy atom. The van der Waals surface area contributed by atoms with Gasteiger partial charge < -0.3 is 29.4 Å². The van der Waals surface area contributed by atoms with Gasteiger partial charge in [-0.1, -0.05) is 18.2 Å². The molecule has 2 saturated carbocycles. The first-order valence-corrected chi connectivity index (χ1v) is 16.9. The first kappa shape index (κ1) is 29.5. The summed E-state index contributed by atoms with van der Waals surface area (Å²) in [5, 5.41) is 1.17. The van der Waals surface area contributed by atoms with Crippen LogP contribution in [0, 0.1) is 17.8 Å². The Labute approximate surface area is 268 Å². The number of piperidine rings is 1. The monoisotopic (exact) mass is 626 g/mol. The highest BCUT2D eigenvalue weighted by Gasteiger charge is 2.42. The second-order valence-corrected chi connectivity index (χ2v) is 14.1. The van der Waals surface area contributed by atoms with Gasteiger partial charge in [-0.2, -0.15) is 0 Å². The third kappa shape index (κ3) is 4.96. The van der Waals surface area contributed by atoms with Gasteiger partial charge >= 0.3 is 0 Å². The molecule has 4 aromatic rings. The lowest BCUT2D eigenvalue weighted by Gasteiger charge is -2.42. The van der Waals surface area contributed by atoms with E-state index < -0.39 is 6.17 Å². The van der Waals surface area contributed by atoms with Crippen molar-refractivity contribution in [2.45, 2.75) is 57.2 Å². The first-order valence-electron chi connectivity index (χ1n) is 16.9. The van der Waals surface area contributed by atoms with E-state index in [-0.39, 0.29) is 30.8 Å². The minimum Gasteiger partial charge on any atom is -0.494 e. The second-order valence-electron chi connectivity index (χ2n) is 14.1. The number of ether oxygens (including phenoxy) is 1. The molecule has 0 bridgehead atoms. The van der Waals surface area contributed by atoms with Crippen molar-refractivity contribution in [1.82, 2.24) is 23.9 Å². The summed E-state index contributed by atoms with van der Waals surface area (Å²) in [5.41, 5.74) is 11.7. The zero-order valence-corrected chi connectivity index (χ0v) is 26.8. The van der Waals surface area contributed by atoms with E-state index in [0.29, 0.717) is 42.2 Å². The number of nitrogens with zero attached hydrogens (tertiary/aromatic N) is 5. The van der Waals surface area contributed by atoms with Crippen molar-refractivity contribution >= 4 is 33.8 Å². The standard InChI is InChI=1S/C36H43FN6O3/c1-40-33-29(13-26(15-31(33)46-2)35(44)41-10-4-5-22(16-38)17-41)39-34(40)30-14-23-6-3-7-28(32(23)43(30)18-21-8-9-21)24-11-25(12-24)36(45)42-19-27(37)20-42/h3,6-7,13-15,21-22,24-25,27H,4-5,8-12,16-20,38H2,1-2H3/t22-,24?,25?/m0/s1. The van der Waals surface area contributed by atoms with Crippen LogP contribution in [0.4, 0.5) is 4.39 Å². The number of fused-ring (bicyclic) bond motifs is 2. The van der Waals surface area contributed by atoms with Gasteiger partial charge in [0.2, 0.25) is 5.91 Å². The summed E-state index contributed by atoms with van der Waals surface area (Å²) < 4.78 is 23.8. The van der Waals surface area contributed by atoms with Crippen LogP contribution in [-0.2, 0) is 18.4 Å². The van der Waals surface area contributed by atoms with E-state index in [0.717, 1.165) is 61.3 Å². The minimum atomic E-state index is -0.869. The van der Waals surface area contributed by atoms with Crippen LogP contribution in [0.5, 0.6) is 5.75 Å². The number of imidazole rings is 1. The fourth-order valence-corrected chi connectivity index (χ4v) is 8.00. The van der Waals surface area contributed by atoms with Gasteiger partial charge in [0, 0.05) is 43.5 Å². The van der Waals surface area contributed by atoms with Crippen LogP contribution in [0.15, 0.2) is 36.4 Å². The van der Waals surface area contributed by atoms with E-state index in [2.05, 4.69) is 33.4 Å². The fourth-order valence-electron chi connectivity index (χ4n) is 8.00. The number of nitrogens with two attached hydrogens (primary N) is 1. The van der Waals surface area contributed by atoms with E-state index in [1.807, 2.05) is 24.1 Å². The average molecular weight is 627 g/mol. The number of halogens is 1. The van der Waals surface area contributed by atoms with E-state index in [1.165, 1.54) is 29.3 Å². The smallest absolute Gasteiger partial charge is 0.254 e. The Kier molecular flexibility index (Phi) is 7.31. The minimum absolute atomic E-state index is 0.00561. The van der Waals surface area contributed by atoms with Gasteiger partial charge in [0.05, 0.1) is 36.9 Å². The lowest BCUT2D eigenvalue weighted by atomic mass is 9.70. The topological polar surface area (TPSA) is 98.6 Å². The molecule has 2 aliphatic carbocycles. The molecule has 10 heteroatoms. The quantitative estimate of drug-likeness (QED) is 0.294. The number of aromatic nitrogens is 3. The Morgan fingerprint density at radius 2 is 1.83 bits per heavy atom. The van der Waals surface area contributed by atoms with Crippen LogP contribution in [0.25, 0.3) is 33.5 Å². The van der Waals surface area contributed by atoms with Crippen molar-refractivity contribution in [1.29, 1.82) is 0 Å². The fraction of sp³-hybridized carbons (Fsp3) is 0.528. The number of hydrogen-bond acceptors (Lipinski definition) is 5. The van der Waals surface area contributed by atoms with Crippen LogP contribution < -0.4 is 10.5 Å². The molecule has 2 aromatic carbocycles. The third-order valence-electron chi connectivity index (χ3n) is 10.9. The summed E-state index contributed by atoms with van der Waals surface area (Å²) in [5.74, 6) is 2.81. The largest absolute Gasteiger partial charge is 0.494 e. The molecule has 242 valence electrons. The zero-order chi connectivity index (χ0) is 31.7. The molecule has 46 heavy (non-hydrogen) atoms. The molecule has 2 aromatic heterocycles. The van der Waals surface area contributed by atoms with E-state index >= 15 is 0 Å². The number of methoxy groups -OCH3 is 1. The molecule has 4 fully saturated rings. The van der Waals surface area contributed by atoms with Crippen molar-refractivity contribution < 1.29 is 18.7 Å². The Bertz CT molecular complexity index is 1830. The van der Waals surface area contributed by atoms with Gasteiger partial charge in [0.1, 0.15) is 17.4 Å². The van der Waals surface area contributed by atoms with Crippen molar-refractivity contribution in [3.05, 3.63) is 47.5 Å². The van der Waals surface area contributed by atoms with E-state index in [4.69, 9.17) is 15.5 Å². The average Bonchev–Trinajstić information content (AvgIpc) is 3.70. The van der Waals surface area contributed by atoms with Crippen LogP contribution in [0.3, 0.4) is 0 Å². The number of aryl methyl sites for hydroxylation is 1. The second kappa shape index (κ2) is 11.4. The summed E-state index contributed by atoms with van der Waals surface area (Å²) in [6.07, 6.45) is 5.20. The summed E-state index contributed by atoms with van der Waals surface area (Å²) in [6.45, 7) is 3.41. The Morgan fingerprint density at radius 3 is 2.54 bits per heavy atom. The lowest BCUT2D eigenvalue weighted by Crippen LogP contribution is -2.54. The van der Waals surface area contributed by atoms with Gasteiger partial charge in [-0.25, -0.2) is 9.37 Å². The van der Waals surface area contributed by atoms with Crippen molar-refractivity contribution in [3.8, 4) is 17.3 Å². The number of hydrogen-bond donors (Lipinski definition) is 1. The van der Waals surface area contributed by atoms with Crippen LogP contribution in [0.1, 0.15) is 60.4 Å². The summed E-state index contributed by atoms with van der Waals surface area (Å²) >= 11 is 0. The Hall–Kier alpha value is -3.92. The molecule has 2 amide bonds.